The zero-order valence-corrected chi connectivity index (χ0v) is 27.1. The van der Waals surface area contributed by atoms with E-state index in [9.17, 15) is 0 Å². The Hall–Kier alpha value is -1.74. The molecule has 174 valence electrons. The van der Waals surface area contributed by atoms with E-state index < -0.39 is 7.32 Å². The van der Waals surface area contributed by atoms with Gasteiger partial charge < -0.3 is 15.1 Å². The second-order valence-electron chi connectivity index (χ2n) is 7.13. The Balaban J connectivity index is 0.000000839. The summed E-state index contributed by atoms with van der Waals surface area (Å²) >= 11 is 0. The fourth-order valence-corrected chi connectivity index (χ4v) is 3.69. The minimum absolute atomic E-state index is 0.151. The lowest BCUT2D eigenvalue weighted by Crippen LogP contribution is -2.36. The first kappa shape index (κ1) is 30.3. The average Bonchev–Trinajstić information content (AvgIpc) is 2.82. The first-order valence-electron chi connectivity index (χ1n) is 11.7. The maximum Gasteiger partial charge on any atom is 0.631 e. The van der Waals surface area contributed by atoms with Crippen LogP contribution in [0.2, 0.25) is 19.6 Å². The molecule has 1 aliphatic rings. The molecule has 0 saturated heterocycles. The Labute approximate surface area is 203 Å². The second kappa shape index (κ2) is 16.0. The monoisotopic (exact) mass is 484 g/mol. The zero-order valence-electron chi connectivity index (χ0n) is 21.1. The maximum atomic E-state index is 7.17. The molecule has 32 heavy (non-hydrogen) atoms. The van der Waals surface area contributed by atoms with E-state index >= 15 is 0 Å². The Bertz CT molecular complexity index is 1050. The van der Waals surface area contributed by atoms with Gasteiger partial charge in [0.25, 0.3) is 0 Å². The Kier molecular flexibility index (Phi) is 15.1. The number of benzene rings is 3. The highest BCUT2D eigenvalue weighted by Crippen LogP contribution is 2.39. The van der Waals surface area contributed by atoms with Gasteiger partial charge in [-0.3, -0.25) is 0 Å². The van der Waals surface area contributed by atoms with Gasteiger partial charge in [0.2, 0.25) is 0 Å². The Morgan fingerprint density at radius 2 is 1.22 bits per heavy atom. The topological polar surface area (TPSA) is 60.7 Å². The van der Waals surface area contributed by atoms with Crippen LogP contribution in [0.1, 0.15) is 25.8 Å². The molecule has 0 atom stereocenters. The minimum Gasteiger partial charge on any atom is -0.402 e. The molecule has 0 radical (unpaired) electrons. The van der Waals surface area contributed by atoms with Gasteiger partial charge in [0.05, 0.1) is 0 Å². The lowest BCUT2D eigenvalue weighted by atomic mass is 9.73. The van der Waals surface area contributed by atoms with Gasteiger partial charge in [0.1, 0.15) is 0 Å². The molecule has 0 aromatic heterocycles. The van der Waals surface area contributed by atoms with Crippen LogP contribution >= 0.6 is 0 Å². The first-order chi connectivity index (χ1) is 15.4. The van der Waals surface area contributed by atoms with Crippen LogP contribution in [-0.2, 0) is 0 Å². The highest BCUT2D eigenvalue weighted by molar-refractivity contribution is 6.30. The van der Waals surface area contributed by atoms with Crippen molar-refractivity contribution in [1.29, 1.82) is 0 Å². The highest BCUT2D eigenvalue weighted by atomic mass is 28.2. The molecule has 0 heterocycles. The minimum atomic E-state index is -2.17. The zero-order chi connectivity index (χ0) is 24.7. The van der Waals surface area contributed by atoms with E-state index in [-0.39, 0.29) is 5.41 Å². The summed E-state index contributed by atoms with van der Waals surface area (Å²) in [5.74, 6) is 0. The van der Waals surface area contributed by atoms with Crippen LogP contribution in [0, 0.1) is 5.41 Å². The van der Waals surface area contributed by atoms with Crippen molar-refractivity contribution in [3.63, 3.8) is 0 Å². The van der Waals surface area contributed by atoms with Gasteiger partial charge >= 0.3 is 7.32 Å². The molecular formula is C25H41BO3Si3. The van der Waals surface area contributed by atoms with E-state index in [4.69, 9.17) is 15.1 Å². The van der Waals surface area contributed by atoms with Gasteiger partial charge in [-0.2, -0.15) is 0 Å². The molecule has 3 aromatic rings. The molecule has 0 aliphatic heterocycles. The molecule has 3 nitrogen and oxygen atoms in total. The van der Waals surface area contributed by atoms with E-state index in [0.717, 1.165) is 6.42 Å². The van der Waals surface area contributed by atoms with Crippen molar-refractivity contribution in [3.8, 4) is 0 Å². The molecule has 3 aromatic carbocycles. The normalized spacial score (nSPS) is 12.8. The van der Waals surface area contributed by atoms with Gasteiger partial charge in [-0.05, 0) is 74.9 Å². The van der Waals surface area contributed by atoms with Crippen molar-refractivity contribution >= 4 is 60.5 Å². The van der Waals surface area contributed by atoms with Crippen LogP contribution in [0.25, 0.3) is 22.4 Å². The molecule has 0 unspecified atom stereocenters. The Morgan fingerprint density at radius 3 is 1.84 bits per heavy atom. The molecule has 3 N–H and O–H groups in total. The average molecular weight is 485 g/mol. The molecule has 1 aliphatic carbocycles. The maximum absolute atomic E-state index is 7.17. The summed E-state index contributed by atoms with van der Waals surface area (Å²) in [6.07, 6.45) is 3.46. The van der Waals surface area contributed by atoms with Crippen LogP contribution in [-0.4, -0.2) is 53.1 Å². The third-order valence-electron chi connectivity index (χ3n) is 4.80. The highest BCUT2D eigenvalue weighted by Gasteiger charge is 2.27. The van der Waals surface area contributed by atoms with Crippen LogP contribution < -0.4 is 10.4 Å². The van der Waals surface area contributed by atoms with Gasteiger partial charge in [-0.15, -0.1) is 0 Å². The van der Waals surface area contributed by atoms with Crippen LogP contribution in [0.15, 0.2) is 66.7 Å². The number of hydrogen-bond donors (Lipinski definition) is 3. The molecule has 0 bridgehead atoms. The summed E-state index contributed by atoms with van der Waals surface area (Å²) in [6.45, 7) is 11.1. The summed E-state index contributed by atoms with van der Waals surface area (Å²) in [6, 6.07) is 24.1. The van der Waals surface area contributed by atoms with Crippen LogP contribution in [0.3, 0.4) is 0 Å². The van der Waals surface area contributed by atoms with E-state index in [1.54, 1.807) is 0 Å². The largest absolute Gasteiger partial charge is 0.631 e. The van der Waals surface area contributed by atoms with Crippen molar-refractivity contribution in [2.75, 3.05) is 0 Å². The predicted octanol–water partition coefficient (Wildman–Crippen LogP) is 0.397. The predicted molar refractivity (Wildman–Crippen MR) is 155 cm³/mol. The van der Waals surface area contributed by atoms with Crippen molar-refractivity contribution < 1.29 is 15.1 Å². The summed E-state index contributed by atoms with van der Waals surface area (Å²) in [7, 11) is 1.75. The molecule has 0 spiro atoms. The first-order valence-corrected chi connectivity index (χ1v) is 17.7. The number of hydrogen-bond acceptors (Lipinski definition) is 3. The fraction of sp³-hybridized carbons (Fsp3) is 0.280. The summed E-state index contributed by atoms with van der Waals surface area (Å²) in [5.41, 5.74) is 3.00. The van der Waals surface area contributed by atoms with Crippen molar-refractivity contribution in [3.05, 3.63) is 82.7 Å². The Morgan fingerprint density at radius 1 is 0.719 bits per heavy atom. The molecule has 0 fully saturated rings. The van der Waals surface area contributed by atoms with Crippen LogP contribution in [0.4, 0.5) is 0 Å². The second-order valence-corrected chi connectivity index (χ2v) is 7.13. The van der Waals surface area contributed by atoms with E-state index in [0.29, 0.717) is 0 Å². The fourth-order valence-electron chi connectivity index (χ4n) is 3.69. The third-order valence-corrected chi connectivity index (χ3v) is 4.80. The molecule has 7 heteroatoms. The molecule has 4 rings (SSSR count). The molecule has 0 saturated carbocycles. The standard InChI is InChI=1S/C22H20.3CH6Si.BH3O3/c1-22(2)15-14-17-9-4-6-12-19(17)21(22)20-13-7-10-16-8-3-5-11-18(16)20;3*1-2;2-1(3)4/h3-14H,15H2,1-2H3;3*1-2H3;2-4H. The van der Waals surface area contributed by atoms with Crippen molar-refractivity contribution in [2.24, 2.45) is 5.41 Å². The lowest BCUT2D eigenvalue weighted by molar-refractivity contribution is 0.278. The van der Waals surface area contributed by atoms with E-state index in [2.05, 4.69) is 106 Å². The van der Waals surface area contributed by atoms with Gasteiger partial charge in [-0.1, -0.05) is 106 Å². The SMILES string of the molecule is CC1(C)CC=c2ccccc2=C1c1cccc2ccccc12.C[SiH3].C[SiH3].C[SiH3].OB(O)O. The van der Waals surface area contributed by atoms with Gasteiger partial charge in [-0.25, -0.2) is 0 Å². The van der Waals surface area contributed by atoms with Crippen LogP contribution in [0.5, 0.6) is 0 Å². The number of fused-ring (bicyclic) bond motifs is 2. The van der Waals surface area contributed by atoms with Crippen molar-refractivity contribution in [1.82, 2.24) is 0 Å². The molecular weight excluding hydrogens is 443 g/mol. The summed E-state index contributed by atoms with van der Waals surface area (Å²) in [4.78, 5) is 0. The van der Waals surface area contributed by atoms with E-state index in [1.165, 1.54) is 63.1 Å². The quantitative estimate of drug-likeness (QED) is 0.438. The van der Waals surface area contributed by atoms with Crippen molar-refractivity contribution in [2.45, 2.75) is 39.9 Å². The van der Waals surface area contributed by atoms with Gasteiger partial charge in [0, 0.05) is 0 Å². The summed E-state index contributed by atoms with van der Waals surface area (Å²) in [5, 5.41) is 26.9. The van der Waals surface area contributed by atoms with Gasteiger partial charge in [0.15, 0.2) is 0 Å². The molecule has 0 amide bonds. The summed E-state index contributed by atoms with van der Waals surface area (Å²) < 4.78 is 0. The van der Waals surface area contributed by atoms with E-state index in [1.807, 2.05) is 0 Å². The number of rotatable bonds is 1. The third kappa shape index (κ3) is 8.31. The lowest BCUT2D eigenvalue weighted by Gasteiger charge is -2.31. The smallest absolute Gasteiger partial charge is 0.402 e.